The lowest BCUT2D eigenvalue weighted by molar-refractivity contribution is 0.144. The third-order valence-electron chi connectivity index (χ3n) is 4.16. The number of guanidine groups is 1. The lowest BCUT2D eigenvalue weighted by Gasteiger charge is -2.22. The Bertz CT molecular complexity index is 511. The third-order valence-corrected chi connectivity index (χ3v) is 4.16. The Hall–Kier alpha value is -1.60. The van der Waals surface area contributed by atoms with E-state index in [1.54, 1.807) is 14.2 Å². The summed E-state index contributed by atoms with van der Waals surface area (Å²) < 4.78 is 10.5. The van der Waals surface area contributed by atoms with Crippen molar-refractivity contribution in [2.24, 2.45) is 4.99 Å². The number of ether oxygens (including phenoxy) is 1. The molecule has 0 aliphatic heterocycles. The molecule has 7 heteroatoms. The Morgan fingerprint density at radius 3 is 2.79 bits per heavy atom. The zero-order chi connectivity index (χ0) is 17.4. The van der Waals surface area contributed by atoms with E-state index in [-0.39, 0.29) is 0 Å². The summed E-state index contributed by atoms with van der Waals surface area (Å²) in [4.78, 5) is 6.73. The van der Waals surface area contributed by atoms with Gasteiger partial charge in [-0.05, 0) is 18.8 Å². The van der Waals surface area contributed by atoms with Gasteiger partial charge in [0.1, 0.15) is 0 Å². The van der Waals surface area contributed by atoms with Crippen LogP contribution in [0.15, 0.2) is 15.6 Å². The molecule has 1 aromatic heterocycles. The number of hydrogen-bond donors (Lipinski definition) is 2. The number of methoxy groups -OCH3 is 1. The van der Waals surface area contributed by atoms with Gasteiger partial charge in [0.25, 0.3) is 0 Å². The van der Waals surface area contributed by atoms with Crippen molar-refractivity contribution in [3.63, 3.8) is 0 Å². The first kappa shape index (κ1) is 18.7. The van der Waals surface area contributed by atoms with Crippen molar-refractivity contribution in [2.75, 3.05) is 40.4 Å². The SMILES string of the molecule is CN=C(NCCN(CCOC)C1CC1)NCc1cc(C(C)C)no1. The van der Waals surface area contributed by atoms with Crippen LogP contribution in [-0.4, -0.2) is 62.5 Å². The van der Waals surface area contributed by atoms with Crippen LogP contribution in [0.25, 0.3) is 0 Å². The van der Waals surface area contributed by atoms with Gasteiger partial charge in [-0.15, -0.1) is 0 Å². The van der Waals surface area contributed by atoms with Gasteiger partial charge in [0.15, 0.2) is 11.7 Å². The lowest BCUT2D eigenvalue weighted by atomic mass is 10.1. The fraction of sp³-hybridized carbons (Fsp3) is 0.765. The van der Waals surface area contributed by atoms with Crippen molar-refractivity contribution >= 4 is 5.96 Å². The quantitative estimate of drug-likeness (QED) is 0.499. The molecule has 0 atom stereocenters. The highest BCUT2D eigenvalue weighted by Crippen LogP contribution is 2.25. The van der Waals surface area contributed by atoms with Crippen LogP contribution in [0.1, 0.15) is 44.1 Å². The number of rotatable bonds is 10. The molecule has 2 rings (SSSR count). The Kier molecular flexibility index (Phi) is 7.52. The van der Waals surface area contributed by atoms with E-state index in [2.05, 4.69) is 39.5 Å². The maximum Gasteiger partial charge on any atom is 0.191 e. The largest absolute Gasteiger partial charge is 0.383 e. The highest BCUT2D eigenvalue weighted by Gasteiger charge is 2.28. The first-order chi connectivity index (χ1) is 11.6. The van der Waals surface area contributed by atoms with Gasteiger partial charge < -0.3 is 19.9 Å². The second kappa shape index (κ2) is 9.64. The molecule has 24 heavy (non-hydrogen) atoms. The second-order valence-corrected chi connectivity index (χ2v) is 6.49. The zero-order valence-corrected chi connectivity index (χ0v) is 15.3. The highest BCUT2D eigenvalue weighted by molar-refractivity contribution is 5.79. The van der Waals surface area contributed by atoms with Gasteiger partial charge in [0.2, 0.25) is 0 Å². The monoisotopic (exact) mass is 337 g/mol. The molecule has 1 fully saturated rings. The molecule has 0 saturated heterocycles. The van der Waals surface area contributed by atoms with Gasteiger partial charge in [-0.1, -0.05) is 19.0 Å². The summed E-state index contributed by atoms with van der Waals surface area (Å²) in [6.07, 6.45) is 2.61. The molecule has 0 unspecified atom stereocenters. The van der Waals surface area contributed by atoms with Crippen LogP contribution in [-0.2, 0) is 11.3 Å². The molecule has 7 nitrogen and oxygen atoms in total. The number of nitrogens with one attached hydrogen (secondary N) is 2. The van der Waals surface area contributed by atoms with Crippen LogP contribution in [0.2, 0.25) is 0 Å². The molecule has 1 aliphatic carbocycles. The third kappa shape index (κ3) is 6.13. The van der Waals surface area contributed by atoms with Crippen molar-refractivity contribution < 1.29 is 9.26 Å². The molecule has 1 aromatic rings. The van der Waals surface area contributed by atoms with Gasteiger partial charge in [-0.3, -0.25) is 9.89 Å². The van der Waals surface area contributed by atoms with Crippen LogP contribution in [0.5, 0.6) is 0 Å². The summed E-state index contributed by atoms with van der Waals surface area (Å²) in [5.41, 5.74) is 0.980. The molecule has 0 amide bonds. The van der Waals surface area contributed by atoms with E-state index in [0.717, 1.165) is 49.7 Å². The lowest BCUT2D eigenvalue weighted by Crippen LogP contribution is -2.42. The van der Waals surface area contributed by atoms with Crippen LogP contribution in [0.3, 0.4) is 0 Å². The van der Waals surface area contributed by atoms with Crippen molar-refractivity contribution in [2.45, 2.75) is 45.2 Å². The van der Waals surface area contributed by atoms with E-state index >= 15 is 0 Å². The number of aromatic nitrogens is 1. The molecule has 0 aromatic carbocycles. The van der Waals surface area contributed by atoms with Crippen molar-refractivity contribution in [3.8, 4) is 0 Å². The van der Waals surface area contributed by atoms with E-state index in [1.165, 1.54) is 12.8 Å². The van der Waals surface area contributed by atoms with E-state index in [1.807, 2.05) is 6.07 Å². The Balaban J connectivity index is 1.69. The fourth-order valence-corrected chi connectivity index (χ4v) is 2.52. The topological polar surface area (TPSA) is 74.9 Å². The Labute approximate surface area is 144 Å². The van der Waals surface area contributed by atoms with E-state index < -0.39 is 0 Å². The van der Waals surface area contributed by atoms with Crippen LogP contribution < -0.4 is 10.6 Å². The second-order valence-electron chi connectivity index (χ2n) is 6.49. The number of aliphatic imine (C=N–C) groups is 1. The zero-order valence-electron chi connectivity index (χ0n) is 15.3. The molecule has 136 valence electrons. The average Bonchev–Trinajstić information content (AvgIpc) is 3.30. The van der Waals surface area contributed by atoms with Crippen LogP contribution in [0, 0.1) is 0 Å². The summed E-state index contributed by atoms with van der Waals surface area (Å²) >= 11 is 0. The predicted octanol–water partition coefficient (Wildman–Crippen LogP) is 1.57. The average molecular weight is 337 g/mol. The minimum Gasteiger partial charge on any atom is -0.383 e. The maximum atomic E-state index is 5.33. The standard InChI is InChI=1S/C17H31N5O2/c1-13(2)16-11-15(24-21-16)12-20-17(18-3)19-7-8-22(9-10-23-4)14-5-6-14/h11,13-14H,5-10,12H2,1-4H3,(H2,18,19,20). The van der Waals surface area contributed by atoms with Gasteiger partial charge >= 0.3 is 0 Å². The predicted molar refractivity (Wildman–Crippen MR) is 95.3 cm³/mol. The first-order valence-electron chi connectivity index (χ1n) is 8.77. The Morgan fingerprint density at radius 1 is 1.42 bits per heavy atom. The van der Waals surface area contributed by atoms with Crippen molar-refractivity contribution in [1.29, 1.82) is 0 Å². The summed E-state index contributed by atoms with van der Waals surface area (Å²) in [5, 5.41) is 10.7. The summed E-state index contributed by atoms with van der Waals surface area (Å²) in [7, 11) is 3.53. The first-order valence-corrected chi connectivity index (χ1v) is 8.77. The number of nitrogens with zero attached hydrogens (tertiary/aromatic N) is 3. The maximum absolute atomic E-state index is 5.33. The molecule has 1 aliphatic rings. The molecule has 0 bridgehead atoms. The van der Waals surface area contributed by atoms with Crippen LogP contribution in [0.4, 0.5) is 0 Å². The van der Waals surface area contributed by atoms with Gasteiger partial charge in [-0.2, -0.15) is 0 Å². The van der Waals surface area contributed by atoms with E-state index in [4.69, 9.17) is 9.26 Å². The molecular weight excluding hydrogens is 306 g/mol. The smallest absolute Gasteiger partial charge is 0.191 e. The highest BCUT2D eigenvalue weighted by atomic mass is 16.5. The Morgan fingerprint density at radius 2 is 2.21 bits per heavy atom. The summed E-state index contributed by atoms with van der Waals surface area (Å²) in [6.45, 7) is 8.41. The molecular formula is C17H31N5O2. The summed E-state index contributed by atoms with van der Waals surface area (Å²) in [5.74, 6) is 1.97. The van der Waals surface area contributed by atoms with Crippen LogP contribution >= 0.6 is 0 Å². The van der Waals surface area contributed by atoms with Gasteiger partial charge in [0, 0.05) is 45.9 Å². The van der Waals surface area contributed by atoms with Crippen molar-refractivity contribution in [1.82, 2.24) is 20.7 Å². The minimum absolute atomic E-state index is 0.375. The fourth-order valence-electron chi connectivity index (χ4n) is 2.52. The van der Waals surface area contributed by atoms with Crippen molar-refractivity contribution in [3.05, 3.63) is 17.5 Å². The molecule has 0 spiro atoms. The minimum atomic E-state index is 0.375. The van der Waals surface area contributed by atoms with Gasteiger partial charge in [-0.25, -0.2) is 0 Å². The normalized spacial score (nSPS) is 15.3. The number of hydrogen-bond acceptors (Lipinski definition) is 5. The molecule has 1 heterocycles. The van der Waals surface area contributed by atoms with E-state index in [9.17, 15) is 0 Å². The van der Waals surface area contributed by atoms with E-state index in [0.29, 0.717) is 12.5 Å². The molecule has 1 saturated carbocycles. The molecule has 0 radical (unpaired) electrons. The molecule has 2 N–H and O–H groups in total. The summed E-state index contributed by atoms with van der Waals surface area (Å²) in [6, 6.07) is 2.73. The van der Waals surface area contributed by atoms with Gasteiger partial charge in [0.05, 0.1) is 18.8 Å².